The molecule has 2 rings (SSSR count). The van der Waals surface area contributed by atoms with Gasteiger partial charge in [0.25, 0.3) is 0 Å². The minimum Gasteiger partial charge on any atom is -0.356 e. The van der Waals surface area contributed by atoms with Crippen LogP contribution in [0.1, 0.15) is 12.7 Å². The molecule has 1 aromatic heterocycles. The Bertz CT molecular complexity index is 581. The Morgan fingerprint density at radius 2 is 2.09 bits per heavy atom. The standard InChI is InChI=1S/C15H22N6S/c1-3-21-12-19-20-14(21)11-18-15(16-2)17-9-10-22-13-7-5-4-6-8-13/h4-8,12H,3,9-11H2,1-2H3,(H2,16,17,18). The average molecular weight is 318 g/mol. The van der Waals surface area contributed by atoms with Crippen molar-refractivity contribution in [2.45, 2.75) is 24.9 Å². The maximum Gasteiger partial charge on any atom is 0.191 e. The number of thioether (sulfide) groups is 1. The summed E-state index contributed by atoms with van der Waals surface area (Å²) < 4.78 is 2.01. The number of hydrogen-bond acceptors (Lipinski definition) is 4. The number of nitrogens with zero attached hydrogens (tertiary/aromatic N) is 4. The molecule has 0 saturated heterocycles. The third-order valence-electron chi connectivity index (χ3n) is 3.08. The van der Waals surface area contributed by atoms with E-state index in [4.69, 9.17) is 0 Å². The van der Waals surface area contributed by atoms with Gasteiger partial charge >= 0.3 is 0 Å². The van der Waals surface area contributed by atoms with Crippen LogP contribution in [-0.4, -0.2) is 40.1 Å². The number of benzene rings is 1. The first-order valence-electron chi connectivity index (χ1n) is 7.32. The van der Waals surface area contributed by atoms with Gasteiger partial charge in [0.05, 0.1) is 6.54 Å². The maximum atomic E-state index is 4.22. The molecule has 0 atom stereocenters. The largest absolute Gasteiger partial charge is 0.356 e. The molecule has 0 bridgehead atoms. The summed E-state index contributed by atoms with van der Waals surface area (Å²) in [5, 5.41) is 14.6. The Balaban J connectivity index is 1.69. The van der Waals surface area contributed by atoms with E-state index in [2.05, 4.69) is 57.0 Å². The van der Waals surface area contributed by atoms with Crippen LogP contribution in [-0.2, 0) is 13.1 Å². The lowest BCUT2D eigenvalue weighted by atomic mass is 10.4. The van der Waals surface area contributed by atoms with Crippen LogP contribution in [0.25, 0.3) is 0 Å². The van der Waals surface area contributed by atoms with Gasteiger partial charge in [0, 0.05) is 30.8 Å². The van der Waals surface area contributed by atoms with E-state index in [0.29, 0.717) is 6.54 Å². The zero-order valence-electron chi connectivity index (χ0n) is 13.0. The quantitative estimate of drug-likeness (QED) is 0.352. The summed E-state index contributed by atoms with van der Waals surface area (Å²) in [5.41, 5.74) is 0. The Morgan fingerprint density at radius 3 is 2.82 bits per heavy atom. The second-order valence-corrected chi connectivity index (χ2v) is 5.72. The van der Waals surface area contributed by atoms with E-state index in [-0.39, 0.29) is 0 Å². The minimum atomic E-state index is 0.610. The highest BCUT2D eigenvalue weighted by Crippen LogP contribution is 2.15. The van der Waals surface area contributed by atoms with Crippen LogP contribution in [0.4, 0.5) is 0 Å². The molecular weight excluding hydrogens is 296 g/mol. The monoisotopic (exact) mass is 318 g/mol. The van der Waals surface area contributed by atoms with E-state index in [1.807, 2.05) is 22.4 Å². The molecule has 2 aromatic rings. The van der Waals surface area contributed by atoms with Crippen molar-refractivity contribution in [3.05, 3.63) is 42.5 Å². The van der Waals surface area contributed by atoms with Crippen LogP contribution in [0, 0.1) is 0 Å². The highest BCUT2D eigenvalue weighted by Gasteiger charge is 2.04. The molecule has 7 heteroatoms. The molecule has 2 N–H and O–H groups in total. The van der Waals surface area contributed by atoms with E-state index < -0.39 is 0 Å². The Kier molecular flexibility index (Phi) is 6.76. The van der Waals surface area contributed by atoms with E-state index in [1.54, 1.807) is 13.4 Å². The summed E-state index contributed by atoms with van der Waals surface area (Å²) in [6.07, 6.45) is 1.74. The zero-order valence-corrected chi connectivity index (χ0v) is 13.8. The molecule has 0 aliphatic carbocycles. The average Bonchev–Trinajstić information content (AvgIpc) is 3.02. The number of aromatic nitrogens is 3. The van der Waals surface area contributed by atoms with Gasteiger partial charge in [-0.15, -0.1) is 22.0 Å². The normalized spacial score (nSPS) is 11.5. The van der Waals surface area contributed by atoms with E-state index in [9.17, 15) is 0 Å². The van der Waals surface area contributed by atoms with Gasteiger partial charge in [0.15, 0.2) is 11.8 Å². The number of nitrogens with one attached hydrogen (secondary N) is 2. The first kappa shape index (κ1) is 16.4. The third kappa shape index (κ3) is 5.07. The van der Waals surface area contributed by atoms with Crippen molar-refractivity contribution in [2.75, 3.05) is 19.3 Å². The molecule has 0 fully saturated rings. The van der Waals surface area contributed by atoms with Gasteiger partial charge in [0.1, 0.15) is 6.33 Å². The van der Waals surface area contributed by atoms with Crippen molar-refractivity contribution < 1.29 is 0 Å². The van der Waals surface area contributed by atoms with E-state index in [1.165, 1.54) is 4.90 Å². The molecule has 1 aromatic carbocycles. The molecule has 0 spiro atoms. The molecule has 0 aliphatic heterocycles. The lowest BCUT2D eigenvalue weighted by Crippen LogP contribution is -2.38. The van der Waals surface area contributed by atoms with Crippen molar-refractivity contribution in [1.82, 2.24) is 25.4 Å². The lowest BCUT2D eigenvalue weighted by molar-refractivity contribution is 0.671. The summed E-state index contributed by atoms with van der Waals surface area (Å²) in [6, 6.07) is 10.4. The fraction of sp³-hybridized carbons (Fsp3) is 0.400. The van der Waals surface area contributed by atoms with Gasteiger partial charge in [-0.2, -0.15) is 0 Å². The molecule has 0 radical (unpaired) electrons. The molecule has 22 heavy (non-hydrogen) atoms. The highest BCUT2D eigenvalue weighted by molar-refractivity contribution is 7.99. The van der Waals surface area contributed by atoms with Crippen LogP contribution < -0.4 is 10.6 Å². The second kappa shape index (κ2) is 9.09. The number of guanidine groups is 1. The number of aryl methyl sites for hydroxylation is 1. The van der Waals surface area contributed by atoms with Crippen LogP contribution in [0.2, 0.25) is 0 Å². The SMILES string of the molecule is CCn1cnnc1CNC(=NC)NCCSc1ccccc1. The van der Waals surface area contributed by atoms with Crippen LogP contribution in [0.15, 0.2) is 46.5 Å². The van der Waals surface area contributed by atoms with Crippen molar-refractivity contribution in [3.8, 4) is 0 Å². The fourth-order valence-electron chi connectivity index (χ4n) is 1.92. The van der Waals surface area contributed by atoms with Gasteiger partial charge < -0.3 is 15.2 Å². The first-order valence-corrected chi connectivity index (χ1v) is 8.31. The molecule has 0 aliphatic rings. The number of aliphatic imine (C=N–C) groups is 1. The van der Waals surface area contributed by atoms with Crippen molar-refractivity contribution in [1.29, 1.82) is 0 Å². The summed E-state index contributed by atoms with van der Waals surface area (Å²) >= 11 is 1.82. The van der Waals surface area contributed by atoms with Crippen molar-refractivity contribution in [2.24, 2.45) is 4.99 Å². The molecule has 0 unspecified atom stereocenters. The molecule has 6 nitrogen and oxygen atoms in total. The molecule has 0 saturated carbocycles. The van der Waals surface area contributed by atoms with Gasteiger partial charge in [0.2, 0.25) is 0 Å². The van der Waals surface area contributed by atoms with Gasteiger partial charge in [-0.3, -0.25) is 4.99 Å². The van der Waals surface area contributed by atoms with Gasteiger partial charge in [-0.05, 0) is 19.1 Å². The van der Waals surface area contributed by atoms with E-state index in [0.717, 1.165) is 30.6 Å². The van der Waals surface area contributed by atoms with Gasteiger partial charge in [-0.25, -0.2) is 0 Å². The highest BCUT2D eigenvalue weighted by atomic mass is 32.2. The third-order valence-corrected chi connectivity index (χ3v) is 4.09. The van der Waals surface area contributed by atoms with E-state index >= 15 is 0 Å². The zero-order chi connectivity index (χ0) is 15.6. The summed E-state index contributed by atoms with van der Waals surface area (Å²) in [4.78, 5) is 5.50. The minimum absolute atomic E-state index is 0.610. The number of rotatable bonds is 7. The first-order chi connectivity index (χ1) is 10.8. The lowest BCUT2D eigenvalue weighted by Gasteiger charge is -2.11. The van der Waals surface area contributed by atoms with Crippen LogP contribution >= 0.6 is 11.8 Å². The van der Waals surface area contributed by atoms with Gasteiger partial charge in [-0.1, -0.05) is 18.2 Å². The Hall–Kier alpha value is -2.02. The predicted octanol–water partition coefficient (Wildman–Crippen LogP) is 1.76. The Labute approximate surface area is 135 Å². The summed E-state index contributed by atoms with van der Waals surface area (Å²) in [7, 11) is 1.77. The van der Waals surface area contributed by atoms with Crippen LogP contribution in [0.5, 0.6) is 0 Å². The molecule has 118 valence electrons. The summed E-state index contributed by atoms with van der Waals surface area (Å²) in [5.74, 6) is 2.67. The van der Waals surface area contributed by atoms with Crippen molar-refractivity contribution >= 4 is 17.7 Å². The second-order valence-electron chi connectivity index (χ2n) is 4.55. The fourth-order valence-corrected chi connectivity index (χ4v) is 2.71. The molecule has 0 amide bonds. The summed E-state index contributed by atoms with van der Waals surface area (Å²) in [6.45, 7) is 4.39. The smallest absolute Gasteiger partial charge is 0.191 e. The Morgan fingerprint density at radius 1 is 1.27 bits per heavy atom. The molecule has 1 heterocycles. The predicted molar refractivity (Wildman–Crippen MR) is 91.1 cm³/mol. The number of hydrogen-bond donors (Lipinski definition) is 2. The van der Waals surface area contributed by atoms with Crippen molar-refractivity contribution in [3.63, 3.8) is 0 Å². The topological polar surface area (TPSA) is 67.1 Å². The molecular formula is C15H22N6S. The maximum absolute atomic E-state index is 4.22. The van der Waals surface area contributed by atoms with Crippen LogP contribution in [0.3, 0.4) is 0 Å².